The third-order valence-electron chi connectivity index (χ3n) is 9.34. The monoisotopic (exact) mass is 622 g/mol. The van der Waals surface area contributed by atoms with Gasteiger partial charge in [0.15, 0.2) is 12.4 Å². The Labute approximate surface area is 282 Å². The molecule has 0 aliphatic heterocycles. The van der Waals surface area contributed by atoms with Gasteiger partial charge in [-0.15, -0.1) is 0 Å². The summed E-state index contributed by atoms with van der Waals surface area (Å²) in [5, 5.41) is 0. The smallest absolute Gasteiger partial charge is 0.169 e. The Bertz CT molecular complexity index is 819. The van der Waals surface area contributed by atoms with Gasteiger partial charge >= 0.3 is 0 Å². The van der Waals surface area contributed by atoms with E-state index >= 15 is 0 Å². The maximum atomic E-state index is 4.69. The van der Waals surface area contributed by atoms with Crippen LogP contribution in [-0.2, 0) is 6.54 Å². The summed E-state index contributed by atoms with van der Waals surface area (Å²) in [6, 6.07) is 4.52. The van der Waals surface area contributed by atoms with E-state index < -0.39 is 0 Å². The fourth-order valence-electron chi connectivity index (χ4n) is 6.32. The minimum Gasteiger partial charge on any atom is -0.293 e. The average molecular weight is 622 g/mol. The first-order valence-electron chi connectivity index (χ1n) is 20.1. The maximum Gasteiger partial charge on any atom is 0.169 e. The van der Waals surface area contributed by atoms with E-state index in [1.807, 2.05) is 6.21 Å². The van der Waals surface area contributed by atoms with Crippen molar-refractivity contribution in [1.82, 2.24) is 0 Å². The largest absolute Gasteiger partial charge is 0.293 e. The van der Waals surface area contributed by atoms with E-state index in [0.717, 1.165) is 13.1 Å². The van der Waals surface area contributed by atoms with Crippen LogP contribution in [0.3, 0.4) is 0 Å². The summed E-state index contributed by atoms with van der Waals surface area (Å²) < 4.78 is 2.35. The van der Waals surface area contributed by atoms with Crippen molar-refractivity contribution in [2.24, 2.45) is 4.99 Å². The molecule has 0 radical (unpaired) electrons. The highest BCUT2D eigenvalue weighted by molar-refractivity contribution is 5.88. The number of unbranched alkanes of at least 4 members (excludes halogenated alkanes) is 26. The van der Waals surface area contributed by atoms with Crippen molar-refractivity contribution >= 4 is 11.8 Å². The lowest BCUT2D eigenvalue weighted by molar-refractivity contribution is -0.697. The lowest BCUT2D eigenvalue weighted by Crippen LogP contribution is -2.32. The van der Waals surface area contributed by atoms with Crippen LogP contribution in [0.1, 0.15) is 206 Å². The average Bonchev–Trinajstić information content (AvgIpc) is 3.06. The molecule has 0 aliphatic carbocycles. The summed E-state index contributed by atoms with van der Waals surface area (Å²) in [6.45, 7) is 8.77. The SMILES string of the molecule is C\C=C/C(=C\C=N\CCCCCCCCCCCCCCCC)c1cc[n+](CCCCCCCCCCCCCCCC)cc1. The van der Waals surface area contributed by atoms with Crippen LogP contribution in [0, 0.1) is 0 Å². The molecular weight excluding hydrogens is 544 g/mol. The van der Waals surface area contributed by atoms with Crippen LogP contribution < -0.4 is 4.57 Å². The third kappa shape index (κ3) is 27.2. The minimum absolute atomic E-state index is 0.950. The van der Waals surface area contributed by atoms with Gasteiger partial charge in [0.2, 0.25) is 0 Å². The van der Waals surface area contributed by atoms with Gasteiger partial charge in [-0.3, -0.25) is 4.99 Å². The van der Waals surface area contributed by atoms with Crippen molar-refractivity contribution in [1.29, 1.82) is 0 Å². The van der Waals surface area contributed by atoms with Crippen LogP contribution in [0.15, 0.2) is 47.7 Å². The number of aryl methyl sites for hydroxylation is 1. The van der Waals surface area contributed by atoms with E-state index in [2.05, 4.69) is 68.1 Å². The molecule has 258 valence electrons. The van der Waals surface area contributed by atoms with Gasteiger partial charge in [-0.1, -0.05) is 187 Å². The molecule has 1 aromatic rings. The standard InChI is InChI=1S/C43H77N2/c1-4-7-9-11-13-15-17-19-21-23-25-27-29-31-37-44-38-34-42(33-6-3)43-35-40-45(41-36-43)39-32-30-28-26-24-22-20-18-16-14-12-10-8-5-2/h6,33-36,38,40-41H,4-5,7-32,37,39H2,1-3H3/q+1/b33-6-,42-34+,44-38+. The molecule has 0 saturated heterocycles. The molecule has 0 atom stereocenters. The first kappa shape index (κ1) is 41.3. The van der Waals surface area contributed by atoms with Crippen LogP contribution in [-0.4, -0.2) is 12.8 Å². The van der Waals surface area contributed by atoms with Crippen LogP contribution >= 0.6 is 0 Å². The Kier molecular flexibility index (Phi) is 30.9. The highest BCUT2D eigenvalue weighted by Crippen LogP contribution is 2.16. The van der Waals surface area contributed by atoms with Crippen molar-refractivity contribution in [3.8, 4) is 0 Å². The Balaban J connectivity index is 2.08. The van der Waals surface area contributed by atoms with Gasteiger partial charge < -0.3 is 0 Å². The third-order valence-corrected chi connectivity index (χ3v) is 9.34. The van der Waals surface area contributed by atoms with E-state index in [9.17, 15) is 0 Å². The fraction of sp³-hybridized carbons (Fsp3) is 0.767. The van der Waals surface area contributed by atoms with Crippen molar-refractivity contribution < 1.29 is 4.57 Å². The zero-order valence-corrected chi connectivity index (χ0v) is 30.7. The summed E-state index contributed by atoms with van der Waals surface area (Å²) in [4.78, 5) is 4.69. The molecule has 0 bridgehead atoms. The van der Waals surface area contributed by atoms with Crippen LogP contribution in [0.5, 0.6) is 0 Å². The van der Waals surface area contributed by atoms with Gasteiger partial charge in [-0.25, -0.2) is 4.57 Å². The molecule has 0 amide bonds. The Hall–Kier alpha value is -1.70. The second-order valence-electron chi connectivity index (χ2n) is 13.7. The lowest BCUT2D eigenvalue weighted by Gasteiger charge is -2.04. The van der Waals surface area contributed by atoms with E-state index in [-0.39, 0.29) is 0 Å². The van der Waals surface area contributed by atoms with E-state index in [1.54, 1.807) is 0 Å². The Morgan fingerprint density at radius 2 is 0.911 bits per heavy atom. The minimum atomic E-state index is 0.950. The molecule has 1 aromatic heterocycles. The lowest BCUT2D eigenvalue weighted by atomic mass is 10.0. The highest BCUT2D eigenvalue weighted by Gasteiger charge is 2.04. The molecular formula is C43H77N2+. The second-order valence-corrected chi connectivity index (χ2v) is 13.7. The molecule has 1 heterocycles. The number of nitrogens with zero attached hydrogens (tertiary/aromatic N) is 2. The summed E-state index contributed by atoms with van der Waals surface area (Å²) in [5.74, 6) is 0. The van der Waals surface area contributed by atoms with Gasteiger partial charge in [0.05, 0.1) is 0 Å². The predicted octanol–water partition coefficient (Wildman–Crippen LogP) is 14.0. The number of rotatable bonds is 33. The first-order valence-corrected chi connectivity index (χ1v) is 20.1. The molecule has 45 heavy (non-hydrogen) atoms. The summed E-state index contributed by atoms with van der Waals surface area (Å²) in [7, 11) is 0. The fourth-order valence-corrected chi connectivity index (χ4v) is 6.32. The molecule has 0 saturated carbocycles. The molecule has 0 aliphatic rings. The topological polar surface area (TPSA) is 16.2 Å². The normalized spacial score (nSPS) is 12.3. The molecule has 0 spiro atoms. The Morgan fingerprint density at radius 3 is 1.31 bits per heavy atom. The van der Waals surface area contributed by atoms with Crippen LogP contribution in [0.2, 0.25) is 0 Å². The Morgan fingerprint density at radius 1 is 0.533 bits per heavy atom. The summed E-state index contributed by atoms with van der Waals surface area (Å²) in [5.41, 5.74) is 2.51. The maximum absolute atomic E-state index is 4.69. The summed E-state index contributed by atoms with van der Waals surface area (Å²) >= 11 is 0. The molecule has 0 unspecified atom stereocenters. The molecule has 0 fully saturated rings. The van der Waals surface area contributed by atoms with E-state index in [0.29, 0.717) is 0 Å². The zero-order chi connectivity index (χ0) is 32.3. The number of hydrogen-bond acceptors (Lipinski definition) is 1. The van der Waals surface area contributed by atoms with E-state index in [4.69, 9.17) is 4.99 Å². The number of hydrogen-bond donors (Lipinski definition) is 0. The number of aromatic nitrogens is 1. The highest BCUT2D eigenvalue weighted by atomic mass is 14.9. The predicted molar refractivity (Wildman–Crippen MR) is 203 cm³/mol. The van der Waals surface area contributed by atoms with Gasteiger partial charge in [-0.2, -0.15) is 0 Å². The molecule has 0 aromatic carbocycles. The molecule has 2 heteroatoms. The van der Waals surface area contributed by atoms with Crippen molar-refractivity contribution in [2.75, 3.05) is 6.54 Å². The second kappa shape index (κ2) is 33.7. The van der Waals surface area contributed by atoms with Gasteiger partial charge in [0, 0.05) is 31.3 Å². The number of allylic oxidation sites excluding steroid dienone is 4. The van der Waals surface area contributed by atoms with Crippen LogP contribution in [0.25, 0.3) is 5.57 Å². The molecule has 2 nitrogen and oxygen atoms in total. The van der Waals surface area contributed by atoms with Gasteiger partial charge in [0.1, 0.15) is 6.54 Å². The zero-order valence-electron chi connectivity index (χ0n) is 30.7. The number of pyridine rings is 1. The van der Waals surface area contributed by atoms with Crippen LogP contribution in [0.4, 0.5) is 0 Å². The molecule has 0 N–H and O–H groups in total. The molecule has 1 rings (SSSR count). The van der Waals surface area contributed by atoms with Gasteiger partial charge in [0.25, 0.3) is 0 Å². The van der Waals surface area contributed by atoms with Crippen molar-refractivity contribution in [2.45, 2.75) is 207 Å². The number of aliphatic imine (C=N–C) groups is 1. The van der Waals surface area contributed by atoms with Gasteiger partial charge in [-0.05, 0) is 37.0 Å². The first-order chi connectivity index (χ1) is 22.3. The van der Waals surface area contributed by atoms with E-state index in [1.165, 1.54) is 191 Å². The quantitative estimate of drug-likeness (QED) is 0.0321. The van der Waals surface area contributed by atoms with Crippen molar-refractivity contribution in [3.05, 3.63) is 48.3 Å². The van der Waals surface area contributed by atoms with Crippen molar-refractivity contribution in [3.63, 3.8) is 0 Å². The summed E-state index contributed by atoms with van der Waals surface area (Å²) in [6.07, 6.45) is 52.5.